The van der Waals surface area contributed by atoms with Gasteiger partial charge >= 0.3 is 0 Å². The summed E-state index contributed by atoms with van der Waals surface area (Å²) in [6, 6.07) is 13.5. The molecule has 0 unspecified atom stereocenters. The molecule has 1 aliphatic carbocycles. The van der Waals surface area contributed by atoms with E-state index in [1.54, 1.807) is 29.2 Å². The van der Waals surface area contributed by atoms with E-state index < -0.39 is 0 Å². The predicted molar refractivity (Wildman–Crippen MR) is 104 cm³/mol. The molecule has 0 spiro atoms. The molecule has 0 bridgehead atoms. The van der Waals surface area contributed by atoms with Crippen molar-refractivity contribution in [3.05, 3.63) is 64.7 Å². The highest BCUT2D eigenvalue weighted by atomic mass is 16.2. The van der Waals surface area contributed by atoms with Crippen LogP contribution in [0.3, 0.4) is 0 Å². The Hall–Kier alpha value is -2.62. The molecule has 1 aliphatic rings. The van der Waals surface area contributed by atoms with Gasteiger partial charge in [-0.05, 0) is 74.1 Å². The largest absolute Gasteiger partial charge is 0.339 e. The lowest BCUT2D eigenvalue weighted by Crippen LogP contribution is -2.30. The van der Waals surface area contributed by atoms with Crippen molar-refractivity contribution in [3.63, 3.8) is 0 Å². The summed E-state index contributed by atoms with van der Waals surface area (Å²) in [4.78, 5) is 26.4. The fraction of sp³-hybridized carbons (Fsp3) is 0.364. The van der Waals surface area contributed by atoms with Crippen LogP contribution in [0.2, 0.25) is 0 Å². The normalized spacial score (nSPS) is 12.5. The molecular formula is C22H26N2O2. The highest BCUT2D eigenvalue weighted by Crippen LogP contribution is 2.23. The summed E-state index contributed by atoms with van der Waals surface area (Å²) in [5, 5.41) is 2.92. The SMILES string of the molecule is CCN(CC)C(=O)c1ccc(NC(=O)Cc2ccc3c(c2)CCC3)cc1. The van der Waals surface area contributed by atoms with Crippen molar-refractivity contribution in [3.8, 4) is 0 Å². The third kappa shape index (κ3) is 4.13. The van der Waals surface area contributed by atoms with Crippen molar-refractivity contribution in [2.24, 2.45) is 0 Å². The van der Waals surface area contributed by atoms with Gasteiger partial charge in [0, 0.05) is 24.3 Å². The quantitative estimate of drug-likeness (QED) is 0.860. The molecule has 0 radical (unpaired) electrons. The second-order valence-electron chi connectivity index (χ2n) is 6.74. The van der Waals surface area contributed by atoms with Crippen molar-refractivity contribution >= 4 is 17.5 Å². The molecule has 4 nitrogen and oxygen atoms in total. The molecule has 0 saturated heterocycles. The molecule has 4 heteroatoms. The minimum absolute atomic E-state index is 0.0195. The van der Waals surface area contributed by atoms with E-state index in [0.717, 1.165) is 18.4 Å². The Morgan fingerprint density at radius 1 is 0.962 bits per heavy atom. The second-order valence-corrected chi connectivity index (χ2v) is 6.74. The summed E-state index contributed by atoms with van der Waals surface area (Å²) in [6.07, 6.45) is 3.85. The average Bonchev–Trinajstić information content (AvgIpc) is 3.11. The van der Waals surface area contributed by atoms with Crippen LogP contribution in [0.15, 0.2) is 42.5 Å². The molecule has 1 N–H and O–H groups in total. The second kappa shape index (κ2) is 8.17. The first-order chi connectivity index (χ1) is 12.6. The van der Waals surface area contributed by atoms with Gasteiger partial charge in [-0.2, -0.15) is 0 Å². The maximum absolute atomic E-state index is 12.3. The fourth-order valence-corrected chi connectivity index (χ4v) is 3.52. The van der Waals surface area contributed by atoms with Gasteiger partial charge < -0.3 is 10.2 Å². The van der Waals surface area contributed by atoms with E-state index in [2.05, 4.69) is 23.5 Å². The zero-order chi connectivity index (χ0) is 18.5. The maximum atomic E-state index is 12.3. The first-order valence-electron chi connectivity index (χ1n) is 9.40. The molecule has 2 amide bonds. The van der Waals surface area contributed by atoms with Crippen LogP contribution in [0, 0.1) is 0 Å². The monoisotopic (exact) mass is 350 g/mol. The van der Waals surface area contributed by atoms with Crippen LogP contribution < -0.4 is 5.32 Å². The molecule has 136 valence electrons. The number of aryl methyl sites for hydroxylation is 2. The van der Waals surface area contributed by atoms with Gasteiger partial charge in [0.25, 0.3) is 5.91 Å². The summed E-state index contributed by atoms with van der Waals surface area (Å²) in [6.45, 7) is 5.31. The van der Waals surface area contributed by atoms with E-state index in [9.17, 15) is 9.59 Å². The molecule has 0 aromatic heterocycles. The highest BCUT2D eigenvalue weighted by molar-refractivity contribution is 5.96. The van der Waals surface area contributed by atoms with Gasteiger partial charge in [0.05, 0.1) is 6.42 Å². The number of anilines is 1. The Balaban J connectivity index is 1.60. The Morgan fingerprint density at radius 3 is 2.35 bits per heavy atom. The van der Waals surface area contributed by atoms with Crippen LogP contribution >= 0.6 is 0 Å². The third-order valence-electron chi connectivity index (χ3n) is 4.99. The minimum atomic E-state index is -0.0363. The third-order valence-corrected chi connectivity index (χ3v) is 4.99. The van der Waals surface area contributed by atoms with Crippen LogP contribution in [-0.4, -0.2) is 29.8 Å². The summed E-state index contributed by atoms with van der Waals surface area (Å²) in [7, 11) is 0. The lowest BCUT2D eigenvalue weighted by atomic mass is 10.0. The molecule has 0 aliphatic heterocycles. The first kappa shape index (κ1) is 18.2. The Kier molecular flexibility index (Phi) is 5.71. The molecule has 3 rings (SSSR count). The van der Waals surface area contributed by atoms with Gasteiger partial charge in [-0.1, -0.05) is 18.2 Å². The van der Waals surface area contributed by atoms with Gasteiger partial charge in [-0.15, -0.1) is 0 Å². The van der Waals surface area contributed by atoms with Gasteiger partial charge in [0.15, 0.2) is 0 Å². The molecular weight excluding hydrogens is 324 g/mol. The summed E-state index contributed by atoms with van der Waals surface area (Å²) in [5.74, 6) is -0.0169. The predicted octanol–water partition coefficient (Wildman–Crippen LogP) is 3.84. The van der Waals surface area contributed by atoms with Crippen LogP contribution in [-0.2, 0) is 24.1 Å². The molecule has 2 aromatic carbocycles. The Labute approximate surface area is 155 Å². The van der Waals surface area contributed by atoms with Crippen molar-refractivity contribution in [1.82, 2.24) is 4.90 Å². The van der Waals surface area contributed by atoms with Crippen LogP contribution in [0.5, 0.6) is 0 Å². The minimum Gasteiger partial charge on any atom is -0.339 e. The number of hydrogen-bond donors (Lipinski definition) is 1. The Bertz CT molecular complexity index is 792. The zero-order valence-corrected chi connectivity index (χ0v) is 15.5. The van der Waals surface area contributed by atoms with E-state index in [-0.39, 0.29) is 11.8 Å². The molecule has 0 fully saturated rings. The highest BCUT2D eigenvalue weighted by Gasteiger charge is 2.14. The number of hydrogen-bond acceptors (Lipinski definition) is 2. The summed E-state index contributed by atoms with van der Waals surface area (Å²) < 4.78 is 0. The number of carbonyl (C=O) groups excluding carboxylic acids is 2. The summed E-state index contributed by atoms with van der Waals surface area (Å²) in [5.41, 5.74) is 5.21. The number of nitrogens with zero attached hydrogens (tertiary/aromatic N) is 1. The lowest BCUT2D eigenvalue weighted by Gasteiger charge is -2.18. The number of rotatable bonds is 6. The Morgan fingerprint density at radius 2 is 1.65 bits per heavy atom. The smallest absolute Gasteiger partial charge is 0.253 e. The van der Waals surface area contributed by atoms with Crippen LogP contribution in [0.25, 0.3) is 0 Å². The standard InChI is InChI=1S/C22H26N2O2/c1-3-24(4-2)22(26)18-10-12-20(13-11-18)23-21(25)15-16-8-9-17-6-5-7-19(17)14-16/h8-14H,3-7,15H2,1-2H3,(H,23,25). The molecule has 0 saturated carbocycles. The molecule has 0 heterocycles. The van der Waals surface area contributed by atoms with E-state index in [0.29, 0.717) is 30.8 Å². The van der Waals surface area contributed by atoms with Crippen molar-refractivity contribution in [2.75, 3.05) is 18.4 Å². The van der Waals surface area contributed by atoms with E-state index in [1.165, 1.54) is 17.5 Å². The molecule has 26 heavy (non-hydrogen) atoms. The first-order valence-corrected chi connectivity index (χ1v) is 9.40. The number of fused-ring (bicyclic) bond motifs is 1. The van der Waals surface area contributed by atoms with Crippen LogP contribution in [0.1, 0.15) is 47.3 Å². The van der Waals surface area contributed by atoms with Crippen molar-refractivity contribution in [1.29, 1.82) is 0 Å². The average molecular weight is 350 g/mol. The van der Waals surface area contributed by atoms with E-state index in [1.807, 2.05) is 13.8 Å². The van der Waals surface area contributed by atoms with Crippen molar-refractivity contribution in [2.45, 2.75) is 39.5 Å². The maximum Gasteiger partial charge on any atom is 0.253 e. The van der Waals surface area contributed by atoms with E-state index in [4.69, 9.17) is 0 Å². The summed E-state index contributed by atoms with van der Waals surface area (Å²) >= 11 is 0. The number of carbonyl (C=O) groups is 2. The van der Waals surface area contributed by atoms with Crippen LogP contribution in [0.4, 0.5) is 5.69 Å². The van der Waals surface area contributed by atoms with Gasteiger partial charge in [-0.25, -0.2) is 0 Å². The lowest BCUT2D eigenvalue weighted by molar-refractivity contribution is -0.115. The van der Waals surface area contributed by atoms with E-state index >= 15 is 0 Å². The number of amides is 2. The van der Waals surface area contributed by atoms with Gasteiger partial charge in [0.1, 0.15) is 0 Å². The van der Waals surface area contributed by atoms with Crippen molar-refractivity contribution < 1.29 is 9.59 Å². The fourth-order valence-electron chi connectivity index (χ4n) is 3.52. The zero-order valence-electron chi connectivity index (χ0n) is 15.5. The topological polar surface area (TPSA) is 49.4 Å². The van der Waals surface area contributed by atoms with Gasteiger partial charge in [0.2, 0.25) is 5.91 Å². The number of nitrogens with one attached hydrogen (secondary N) is 1. The molecule has 2 aromatic rings. The molecule has 0 atom stereocenters. The number of benzene rings is 2. The van der Waals surface area contributed by atoms with Gasteiger partial charge in [-0.3, -0.25) is 9.59 Å².